The van der Waals surface area contributed by atoms with Crippen LogP contribution in [-0.2, 0) is 6.42 Å². The van der Waals surface area contributed by atoms with E-state index >= 15 is 0 Å². The minimum absolute atomic E-state index is 0.611. The first-order valence-corrected chi connectivity index (χ1v) is 7.82. The minimum Gasteiger partial charge on any atom is -0.384 e. The summed E-state index contributed by atoms with van der Waals surface area (Å²) >= 11 is 0. The first-order valence-electron chi connectivity index (χ1n) is 7.82. The lowest BCUT2D eigenvalue weighted by Gasteiger charge is -2.28. The van der Waals surface area contributed by atoms with Crippen molar-refractivity contribution in [3.8, 4) is 0 Å². The molecule has 0 saturated heterocycles. The molecule has 0 aromatic heterocycles. The summed E-state index contributed by atoms with van der Waals surface area (Å²) in [7, 11) is 0. The fourth-order valence-electron chi connectivity index (χ4n) is 3.46. The van der Waals surface area contributed by atoms with Crippen LogP contribution in [0.4, 0.5) is 5.69 Å². The number of benzene rings is 2. The van der Waals surface area contributed by atoms with E-state index < -0.39 is 0 Å². The Morgan fingerprint density at radius 2 is 1.50 bits per heavy atom. The van der Waals surface area contributed by atoms with Gasteiger partial charge < -0.3 is 5.32 Å². The summed E-state index contributed by atoms with van der Waals surface area (Å²) < 4.78 is 0. The molecule has 0 amide bonds. The SMILES string of the molecule is c1ccc2c(c1)CC(c1ccc(C3CCC3)cc1)CN2. The van der Waals surface area contributed by atoms with Gasteiger partial charge in [-0.25, -0.2) is 0 Å². The number of anilines is 1. The highest BCUT2D eigenvalue weighted by Gasteiger charge is 2.21. The van der Waals surface area contributed by atoms with Crippen LogP contribution >= 0.6 is 0 Å². The Bertz CT molecular complexity index is 595. The molecule has 0 bridgehead atoms. The molecule has 1 fully saturated rings. The van der Waals surface area contributed by atoms with Crippen molar-refractivity contribution in [3.05, 3.63) is 65.2 Å². The second kappa shape index (κ2) is 4.97. The zero-order valence-corrected chi connectivity index (χ0v) is 11.8. The van der Waals surface area contributed by atoms with Crippen molar-refractivity contribution in [1.29, 1.82) is 0 Å². The van der Waals surface area contributed by atoms with E-state index in [9.17, 15) is 0 Å². The lowest BCUT2D eigenvalue weighted by atomic mass is 9.79. The molecule has 1 heterocycles. The topological polar surface area (TPSA) is 12.0 Å². The largest absolute Gasteiger partial charge is 0.384 e. The molecule has 102 valence electrons. The average molecular weight is 263 g/mol. The summed E-state index contributed by atoms with van der Waals surface area (Å²) in [5.74, 6) is 1.45. The van der Waals surface area contributed by atoms with Crippen LogP contribution in [-0.4, -0.2) is 6.54 Å². The molecule has 1 unspecified atom stereocenters. The third-order valence-electron chi connectivity index (χ3n) is 5.01. The van der Waals surface area contributed by atoms with Gasteiger partial charge in [0.25, 0.3) is 0 Å². The van der Waals surface area contributed by atoms with Gasteiger partial charge in [0.05, 0.1) is 0 Å². The van der Waals surface area contributed by atoms with Crippen molar-refractivity contribution in [2.75, 3.05) is 11.9 Å². The molecule has 2 aromatic rings. The Morgan fingerprint density at radius 1 is 0.800 bits per heavy atom. The predicted molar refractivity (Wildman–Crippen MR) is 84.4 cm³/mol. The second-order valence-corrected chi connectivity index (χ2v) is 6.23. The number of rotatable bonds is 2. The number of fused-ring (bicyclic) bond motifs is 1. The standard InChI is InChI=1S/C19H21N/c1-2-7-19-17(4-1)12-18(13-20-19)16-10-8-15(9-11-16)14-5-3-6-14/h1-2,4,7-11,14,18,20H,3,5-6,12-13H2. The van der Waals surface area contributed by atoms with Crippen LogP contribution in [0.15, 0.2) is 48.5 Å². The van der Waals surface area contributed by atoms with Gasteiger partial charge in [-0.2, -0.15) is 0 Å². The van der Waals surface area contributed by atoms with Crippen molar-refractivity contribution in [2.45, 2.75) is 37.5 Å². The molecule has 1 atom stereocenters. The van der Waals surface area contributed by atoms with E-state index in [1.807, 2.05) is 0 Å². The monoisotopic (exact) mass is 263 g/mol. The Labute approximate surface area is 121 Å². The van der Waals surface area contributed by atoms with E-state index in [4.69, 9.17) is 0 Å². The van der Waals surface area contributed by atoms with Crippen molar-refractivity contribution in [2.24, 2.45) is 0 Å². The zero-order chi connectivity index (χ0) is 13.4. The molecular formula is C19H21N. The molecule has 2 aliphatic rings. The van der Waals surface area contributed by atoms with E-state index in [2.05, 4.69) is 53.8 Å². The van der Waals surface area contributed by atoms with Crippen LogP contribution in [0.25, 0.3) is 0 Å². The Kier molecular flexibility index (Phi) is 2.99. The zero-order valence-electron chi connectivity index (χ0n) is 11.8. The van der Waals surface area contributed by atoms with Gasteiger partial charge in [0.1, 0.15) is 0 Å². The highest BCUT2D eigenvalue weighted by Crippen LogP contribution is 2.37. The van der Waals surface area contributed by atoms with Gasteiger partial charge in [-0.15, -0.1) is 0 Å². The molecule has 1 nitrogen and oxygen atoms in total. The number of hydrogen-bond donors (Lipinski definition) is 1. The average Bonchev–Trinajstić information content (AvgIpc) is 2.46. The molecule has 1 saturated carbocycles. The molecule has 0 radical (unpaired) electrons. The van der Waals surface area contributed by atoms with Crippen molar-refractivity contribution in [1.82, 2.24) is 0 Å². The molecule has 4 rings (SSSR count). The summed E-state index contributed by atoms with van der Waals surface area (Å²) in [5, 5.41) is 3.57. The Morgan fingerprint density at radius 3 is 2.20 bits per heavy atom. The van der Waals surface area contributed by atoms with Gasteiger partial charge in [-0.1, -0.05) is 48.9 Å². The van der Waals surface area contributed by atoms with Crippen LogP contribution in [0.5, 0.6) is 0 Å². The molecule has 2 aromatic carbocycles. The van der Waals surface area contributed by atoms with Crippen molar-refractivity contribution in [3.63, 3.8) is 0 Å². The van der Waals surface area contributed by atoms with Crippen LogP contribution in [0.3, 0.4) is 0 Å². The van der Waals surface area contributed by atoms with Gasteiger partial charge in [-0.05, 0) is 47.9 Å². The van der Waals surface area contributed by atoms with Crippen LogP contribution in [0.1, 0.15) is 47.8 Å². The van der Waals surface area contributed by atoms with Crippen LogP contribution in [0, 0.1) is 0 Å². The maximum absolute atomic E-state index is 3.57. The maximum atomic E-state index is 3.57. The molecule has 1 aliphatic heterocycles. The minimum atomic E-state index is 0.611. The molecule has 1 heteroatoms. The third kappa shape index (κ3) is 2.11. The molecule has 1 aliphatic carbocycles. The number of para-hydroxylation sites is 1. The lowest BCUT2D eigenvalue weighted by molar-refractivity contribution is 0.419. The Hall–Kier alpha value is -1.76. The van der Waals surface area contributed by atoms with Gasteiger partial charge in [0.15, 0.2) is 0 Å². The summed E-state index contributed by atoms with van der Waals surface area (Å²) in [6, 6.07) is 18.1. The third-order valence-corrected chi connectivity index (χ3v) is 5.01. The van der Waals surface area contributed by atoms with Crippen LogP contribution in [0.2, 0.25) is 0 Å². The molecular weight excluding hydrogens is 242 g/mol. The summed E-state index contributed by atoms with van der Waals surface area (Å²) in [6.07, 6.45) is 5.34. The molecule has 1 N–H and O–H groups in total. The summed E-state index contributed by atoms with van der Waals surface area (Å²) in [4.78, 5) is 0. The van der Waals surface area contributed by atoms with E-state index in [1.165, 1.54) is 36.1 Å². The van der Waals surface area contributed by atoms with Gasteiger partial charge in [-0.3, -0.25) is 0 Å². The van der Waals surface area contributed by atoms with Crippen molar-refractivity contribution >= 4 is 5.69 Å². The fraction of sp³-hybridized carbons (Fsp3) is 0.368. The fourth-order valence-corrected chi connectivity index (χ4v) is 3.46. The van der Waals surface area contributed by atoms with Crippen molar-refractivity contribution < 1.29 is 0 Å². The van der Waals surface area contributed by atoms with E-state index in [1.54, 1.807) is 5.56 Å². The quantitative estimate of drug-likeness (QED) is 0.827. The Balaban J connectivity index is 1.53. The second-order valence-electron chi connectivity index (χ2n) is 6.23. The van der Waals surface area contributed by atoms with Gasteiger partial charge >= 0.3 is 0 Å². The van der Waals surface area contributed by atoms with E-state index in [0.29, 0.717) is 5.92 Å². The van der Waals surface area contributed by atoms with Crippen LogP contribution < -0.4 is 5.32 Å². The first-order chi connectivity index (χ1) is 9.90. The highest BCUT2D eigenvalue weighted by molar-refractivity contribution is 5.54. The highest BCUT2D eigenvalue weighted by atomic mass is 14.9. The molecule has 0 spiro atoms. The lowest BCUT2D eigenvalue weighted by Crippen LogP contribution is -2.21. The van der Waals surface area contributed by atoms with Gasteiger partial charge in [0, 0.05) is 18.2 Å². The molecule has 20 heavy (non-hydrogen) atoms. The maximum Gasteiger partial charge on any atom is 0.0373 e. The first kappa shape index (κ1) is 12.0. The predicted octanol–water partition coefficient (Wildman–Crippen LogP) is 4.71. The number of nitrogens with one attached hydrogen (secondary N) is 1. The van der Waals surface area contributed by atoms with Gasteiger partial charge in [0.2, 0.25) is 0 Å². The smallest absolute Gasteiger partial charge is 0.0373 e. The summed E-state index contributed by atoms with van der Waals surface area (Å²) in [6.45, 7) is 1.06. The van der Waals surface area contributed by atoms with E-state index in [0.717, 1.165) is 18.9 Å². The normalized spacial score (nSPS) is 21.7. The summed E-state index contributed by atoms with van der Waals surface area (Å²) in [5.41, 5.74) is 5.79. The number of hydrogen-bond acceptors (Lipinski definition) is 1. The van der Waals surface area contributed by atoms with E-state index in [-0.39, 0.29) is 0 Å².